The Labute approximate surface area is 211 Å². The third-order valence-corrected chi connectivity index (χ3v) is 6.36. The van der Waals surface area contributed by atoms with Gasteiger partial charge in [-0.05, 0) is 32.6 Å². The first kappa shape index (κ1) is 29.9. The standard InChI is InChI=1S/2C15H26N2/c2*1-3-4-5-6-7-8-9-10-15(2)17-13-11-16-12-14-17/h10-13H,3-9,14H2,1-2H3;11-13H,2-10,14H2,1H3. The van der Waals surface area contributed by atoms with Gasteiger partial charge in [-0.25, -0.2) is 0 Å². The summed E-state index contributed by atoms with van der Waals surface area (Å²) in [6.45, 7) is 12.6. The van der Waals surface area contributed by atoms with Crippen molar-refractivity contribution < 1.29 is 0 Å². The maximum atomic E-state index is 4.14. The summed E-state index contributed by atoms with van der Waals surface area (Å²) in [6.07, 6.45) is 34.1. The zero-order valence-electron chi connectivity index (χ0n) is 22.6. The molecule has 0 N–H and O–H groups in total. The van der Waals surface area contributed by atoms with Crippen LogP contribution in [0.25, 0.3) is 0 Å². The summed E-state index contributed by atoms with van der Waals surface area (Å²) in [5, 5.41) is 0. The molecule has 2 rings (SSSR count). The number of unbranched alkanes of at least 4 members (excludes halogenated alkanes) is 12. The van der Waals surface area contributed by atoms with Crippen molar-refractivity contribution >= 4 is 12.4 Å². The lowest BCUT2D eigenvalue weighted by Crippen LogP contribution is -2.20. The average Bonchev–Trinajstić information content (AvgIpc) is 2.89. The molecule has 34 heavy (non-hydrogen) atoms. The monoisotopic (exact) mass is 468 g/mol. The zero-order chi connectivity index (χ0) is 24.7. The molecule has 4 heteroatoms. The van der Waals surface area contributed by atoms with Crippen molar-refractivity contribution in [1.29, 1.82) is 0 Å². The Balaban J connectivity index is 0.000000340. The highest BCUT2D eigenvalue weighted by Crippen LogP contribution is 2.15. The van der Waals surface area contributed by atoms with Gasteiger partial charge in [-0.3, -0.25) is 9.98 Å². The lowest BCUT2D eigenvalue weighted by Gasteiger charge is -2.22. The van der Waals surface area contributed by atoms with Gasteiger partial charge in [0.15, 0.2) is 0 Å². The third kappa shape index (κ3) is 15.7. The van der Waals surface area contributed by atoms with E-state index < -0.39 is 0 Å². The van der Waals surface area contributed by atoms with Crippen molar-refractivity contribution in [2.45, 2.75) is 117 Å². The van der Waals surface area contributed by atoms with Crippen LogP contribution in [0.2, 0.25) is 0 Å². The summed E-state index contributed by atoms with van der Waals surface area (Å²) in [7, 11) is 0. The molecule has 0 aromatic rings. The van der Waals surface area contributed by atoms with Crippen molar-refractivity contribution in [2.24, 2.45) is 9.98 Å². The molecule has 0 aromatic heterocycles. The second-order valence-corrected chi connectivity index (χ2v) is 9.40. The molecular weight excluding hydrogens is 416 g/mol. The van der Waals surface area contributed by atoms with Crippen LogP contribution in [0.3, 0.4) is 0 Å². The molecule has 0 spiro atoms. The van der Waals surface area contributed by atoms with Crippen LogP contribution in [0.4, 0.5) is 0 Å². The molecule has 2 heterocycles. The maximum absolute atomic E-state index is 4.14. The summed E-state index contributed by atoms with van der Waals surface area (Å²) in [5.74, 6) is 0. The van der Waals surface area contributed by atoms with Crippen LogP contribution >= 0.6 is 0 Å². The molecule has 0 saturated carbocycles. The molecule has 0 unspecified atom stereocenters. The van der Waals surface area contributed by atoms with Crippen molar-refractivity contribution in [2.75, 3.05) is 13.1 Å². The molecule has 0 saturated heterocycles. The van der Waals surface area contributed by atoms with Crippen LogP contribution < -0.4 is 0 Å². The molecule has 0 fully saturated rings. The Hall–Kier alpha value is -2.10. The molecule has 192 valence electrons. The molecule has 2 aliphatic heterocycles. The van der Waals surface area contributed by atoms with E-state index in [4.69, 9.17) is 0 Å². The Morgan fingerprint density at radius 2 is 1.24 bits per heavy atom. The Bertz CT molecular complexity index is 657. The highest BCUT2D eigenvalue weighted by molar-refractivity contribution is 5.62. The Morgan fingerprint density at radius 3 is 1.76 bits per heavy atom. The van der Waals surface area contributed by atoms with E-state index in [1.165, 1.54) is 101 Å². The van der Waals surface area contributed by atoms with Gasteiger partial charge in [0, 0.05) is 48.6 Å². The normalized spacial score (nSPS) is 15.0. The minimum Gasteiger partial charge on any atom is -0.345 e. The molecule has 0 aliphatic carbocycles. The van der Waals surface area contributed by atoms with E-state index in [-0.39, 0.29) is 0 Å². The Kier molecular flexibility index (Phi) is 18.9. The largest absolute Gasteiger partial charge is 0.345 e. The first-order valence-corrected chi connectivity index (χ1v) is 13.9. The SMILES string of the molecule is C=C(CCCCCCCCC)N1C=CN=CC1.CCCCCCCCC=C(C)N1C=CN=CC1. The lowest BCUT2D eigenvalue weighted by molar-refractivity contribution is 0.487. The second-order valence-electron chi connectivity index (χ2n) is 9.40. The van der Waals surface area contributed by atoms with Crippen molar-refractivity contribution in [3.05, 3.63) is 48.8 Å². The fraction of sp³-hybridized carbons (Fsp3) is 0.667. The second kappa shape index (κ2) is 21.4. The van der Waals surface area contributed by atoms with Gasteiger partial charge in [-0.1, -0.05) is 97.1 Å². The average molecular weight is 469 g/mol. The number of aliphatic imine (C=N–C) groups is 2. The summed E-state index contributed by atoms with van der Waals surface area (Å²) in [6, 6.07) is 0. The van der Waals surface area contributed by atoms with Crippen LogP contribution in [-0.2, 0) is 0 Å². The smallest absolute Gasteiger partial charge is 0.0576 e. The predicted octanol–water partition coefficient (Wildman–Crippen LogP) is 9.00. The molecule has 0 atom stereocenters. The predicted molar refractivity (Wildman–Crippen MR) is 152 cm³/mol. The number of nitrogens with zero attached hydrogens (tertiary/aromatic N) is 4. The van der Waals surface area contributed by atoms with Crippen LogP contribution in [0, 0.1) is 0 Å². The molecule has 0 amide bonds. The fourth-order valence-electron chi connectivity index (χ4n) is 4.03. The number of rotatable bonds is 17. The number of hydrogen-bond acceptors (Lipinski definition) is 4. The van der Waals surface area contributed by atoms with Gasteiger partial charge in [-0.2, -0.15) is 0 Å². The van der Waals surface area contributed by atoms with E-state index in [9.17, 15) is 0 Å². The van der Waals surface area contributed by atoms with Gasteiger partial charge >= 0.3 is 0 Å². The summed E-state index contributed by atoms with van der Waals surface area (Å²) < 4.78 is 0. The lowest BCUT2D eigenvalue weighted by atomic mass is 10.1. The van der Waals surface area contributed by atoms with Crippen LogP contribution in [0.5, 0.6) is 0 Å². The van der Waals surface area contributed by atoms with E-state index >= 15 is 0 Å². The zero-order valence-corrected chi connectivity index (χ0v) is 22.6. The molecule has 4 nitrogen and oxygen atoms in total. The fourth-order valence-corrected chi connectivity index (χ4v) is 4.03. The molecule has 0 aromatic carbocycles. The van der Waals surface area contributed by atoms with Gasteiger partial charge in [0.2, 0.25) is 0 Å². The minimum atomic E-state index is 0.881. The van der Waals surface area contributed by atoms with E-state index in [1.807, 2.05) is 37.2 Å². The number of allylic oxidation sites excluding steroid dienone is 3. The molecular formula is C30H52N4. The number of hydrogen-bond donors (Lipinski definition) is 0. The van der Waals surface area contributed by atoms with Gasteiger partial charge < -0.3 is 9.80 Å². The quantitative estimate of drug-likeness (QED) is 0.199. The van der Waals surface area contributed by atoms with E-state index in [0.29, 0.717) is 0 Å². The first-order chi connectivity index (χ1) is 16.7. The van der Waals surface area contributed by atoms with Crippen molar-refractivity contribution in [3.8, 4) is 0 Å². The topological polar surface area (TPSA) is 31.2 Å². The summed E-state index contributed by atoms with van der Waals surface area (Å²) >= 11 is 0. The van der Waals surface area contributed by atoms with Crippen molar-refractivity contribution in [3.63, 3.8) is 0 Å². The van der Waals surface area contributed by atoms with Gasteiger partial charge in [-0.15, -0.1) is 0 Å². The summed E-state index contributed by atoms with van der Waals surface area (Å²) in [5.41, 5.74) is 2.57. The third-order valence-electron chi connectivity index (χ3n) is 6.36. The highest BCUT2D eigenvalue weighted by Gasteiger charge is 2.04. The highest BCUT2D eigenvalue weighted by atomic mass is 15.1. The van der Waals surface area contributed by atoms with Crippen LogP contribution in [0.15, 0.2) is 58.8 Å². The van der Waals surface area contributed by atoms with Crippen LogP contribution in [0.1, 0.15) is 117 Å². The maximum Gasteiger partial charge on any atom is 0.0576 e. The molecule has 0 radical (unpaired) electrons. The van der Waals surface area contributed by atoms with Gasteiger partial charge in [0.05, 0.1) is 13.1 Å². The first-order valence-electron chi connectivity index (χ1n) is 13.9. The summed E-state index contributed by atoms with van der Waals surface area (Å²) in [4.78, 5) is 12.6. The van der Waals surface area contributed by atoms with Crippen molar-refractivity contribution in [1.82, 2.24) is 9.80 Å². The Morgan fingerprint density at radius 1 is 0.735 bits per heavy atom. The molecule has 0 bridgehead atoms. The minimum absolute atomic E-state index is 0.881. The van der Waals surface area contributed by atoms with E-state index in [2.05, 4.69) is 53.2 Å². The van der Waals surface area contributed by atoms with Gasteiger partial charge in [0.25, 0.3) is 0 Å². The molecule has 2 aliphatic rings. The van der Waals surface area contributed by atoms with E-state index in [1.54, 1.807) is 0 Å². The van der Waals surface area contributed by atoms with Crippen LogP contribution in [-0.4, -0.2) is 35.3 Å². The van der Waals surface area contributed by atoms with Gasteiger partial charge in [0.1, 0.15) is 0 Å². The van der Waals surface area contributed by atoms with E-state index in [0.717, 1.165) is 19.5 Å².